The Morgan fingerprint density at radius 3 is 2.31 bits per heavy atom. The Labute approximate surface area is 228 Å². The molecular weight excluding hydrogens is 488 g/mol. The molecule has 0 bridgehead atoms. The van der Waals surface area contributed by atoms with Crippen LogP contribution in [0.4, 0.5) is 11.4 Å². The van der Waals surface area contributed by atoms with Crippen LogP contribution in [0.25, 0.3) is 5.57 Å². The number of anilines is 2. The maximum atomic E-state index is 14.7. The first-order chi connectivity index (χ1) is 18.6. The highest BCUT2D eigenvalue weighted by Crippen LogP contribution is 2.59. The van der Waals surface area contributed by atoms with Gasteiger partial charge in [-0.2, -0.15) is 0 Å². The maximum absolute atomic E-state index is 14.7. The van der Waals surface area contributed by atoms with Crippen LogP contribution < -0.4 is 15.0 Å². The fourth-order valence-electron chi connectivity index (χ4n) is 6.77. The maximum Gasteiger partial charge on any atom is 0.238 e. The smallest absolute Gasteiger partial charge is 0.238 e. The molecule has 4 atom stereocenters. The zero-order chi connectivity index (χ0) is 27.7. The Morgan fingerprint density at radius 1 is 0.949 bits per heavy atom. The second kappa shape index (κ2) is 8.67. The molecule has 0 aliphatic carbocycles. The monoisotopic (exact) mass is 520 g/mol. The van der Waals surface area contributed by atoms with E-state index in [1.807, 2.05) is 76.2 Å². The highest BCUT2D eigenvalue weighted by Gasteiger charge is 2.71. The minimum absolute atomic E-state index is 0.0730. The summed E-state index contributed by atoms with van der Waals surface area (Å²) in [5.74, 6) is -0.884. The summed E-state index contributed by atoms with van der Waals surface area (Å²) >= 11 is 0. The number of carbonyl (C=O) groups excluding carboxylic acids is 3. The number of nitrogens with one attached hydrogen (secondary N) is 1. The van der Waals surface area contributed by atoms with E-state index in [1.54, 1.807) is 31.4 Å². The van der Waals surface area contributed by atoms with Crippen molar-refractivity contribution in [2.24, 2.45) is 11.3 Å². The SMILES string of the molecule is COc1ccc(C(=O)[C@@H]2[C@H](C(=O)C(C)(C)C)N3c4ccccc4C(C)=C[C@@H]3[C@]23C(=O)Nc2ccccc23)cc1. The third-order valence-electron chi connectivity index (χ3n) is 8.55. The van der Waals surface area contributed by atoms with Gasteiger partial charge in [-0.15, -0.1) is 0 Å². The van der Waals surface area contributed by atoms with E-state index in [0.29, 0.717) is 17.0 Å². The average molecular weight is 521 g/mol. The number of hydrogen-bond acceptors (Lipinski definition) is 5. The van der Waals surface area contributed by atoms with Gasteiger partial charge in [0, 0.05) is 27.9 Å². The van der Waals surface area contributed by atoms with Crippen molar-refractivity contribution in [3.8, 4) is 5.75 Å². The number of ether oxygens (including phenoxy) is 1. The minimum Gasteiger partial charge on any atom is -0.497 e. The first-order valence-electron chi connectivity index (χ1n) is 13.3. The number of hydrogen-bond donors (Lipinski definition) is 1. The first kappa shape index (κ1) is 25.1. The van der Waals surface area contributed by atoms with Crippen molar-refractivity contribution in [3.05, 3.63) is 95.6 Å². The predicted octanol–water partition coefficient (Wildman–Crippen LogP) is 5.67. The van der Waals surface area contributed by atoms with Crippen molar-refractivity contribution in [1.82, 2.24) is 0 Å². The van der Waals surface area contributed by atoms with Crippen molar-refractivity contribution in [2.75, 3.05) is 17.3 Å². The summed E-state index contributed by atoms with van der Waals surface area (Å²) < 4.78 is 5.32. The van der Waals surface area contributed by atoms with E-state index in [4.69, 9.17) is 4.74 Å². The van der Waals surface area contributed by atoms with Gasteiger partial charge in [0.15, 0.2) is 11.6 Å². The Bertz CT molecular complexity index is 1550. The van der Waals surface area contributed by atoms with Crippen molar-refractivity contribution in [3.63, 3.8) is 0 Å². The van der Waals surface area contributed by atoms with Gasteiger partial charge in [0.05, 0.1) is 19.1 Å². The van der Waals surface area contributed by atoms with Crippen LogP contribution in [-0.4, -0.2) is 36.7 Å². The molecule has 198 valence electrons. The molecule has 3 aromatic carbocycles. The molecular formula is C33H32N2O4. The van der Waals surface area contributed by atoms with E-state index in [-0.39, 0.29) is 17.5 Å². The molecule has 1 N–H and O–H groups in total. The molecule has 6 nitrogen and oxygen atoms in total. The quantitative estimate of drug-likeness (QED) is 0.449. The topological polar surface area (TPSA) is 75.7 Å². The average Bonchev–Trinajstić information content (AvgIpc) is 3.40. The summed E-state index contributed by atoms with van der Waals surface area (Å²) in [7, 11) is 1.57. The van der Waals surface area contributed by atoms with E-state index in [1.165, 1.54) is 0 Å². The summed E-state index contributed by atoms with van der Waals surface area (Å²) in [6.45, 7) is 7.67. The number of para-hydroxylation sites is 2. The number of Topliss-reactive ketones (excluding diaryl/α,β-unsaturated/α-hetero) is 2. The Morgan fingerprint density at radius 2 is 1.62 bits per heavy atom. The number of fused-ring (bicyclic) bond motifs is 6. The molecule has 0 unspecified atom stereocenters. The van der Waals surface area contributed by atoms with Crippen molar-refractivity contribution >= 4 is 34.4 Å². The number of rotatable bonds is 4. The van der Waals surface area contributed by atoms with Gasteiger partial charge in [-0.05, 0) is 54.5 Å². The van der Waals surface area contributed by atoms with Crippen LogP contribution in [0.15, 0.2) is 78.9 Å². The van der Waals surface area contributed by atoms with Gasteiger partial charge in [0.25, 0.3) is 0 Å². The van der Waals surface area contributed by atoms with Gasteiger partial charge < -0.3 is 15.0 Å². The summed E-state index contributed by atoms with van der Waals surface area (Å²) in [6, 6.07) is 21.0. The lowest BCUT2D eigenvalue weighted by Crippen LogP contribution is -2.51. The van der Waals surface area contributed by atoms with Crippen LogP contribution >= 0.6 is 0 Å². The minimum atomic E-state index is -1.30. The highest BCUT2D eigenvalue weighted by molar-refractivity contribution is 6.17. The summed E-state index contributed by atoms with van der Waals surface area (Å²) in [5, 5.41) is 3.08. The zero-order valence-corrected chi connectivity index (χ0v) is 22.8. The van der Waals surface area contributed by atoms with Crippen LogP contribution in [0.3, 0.4) is 0 Å². The first-order valence-corrected chi connectivity index (χ1v) is 13.3. The number of benzene rings is 3. The van der Waals surface area contributed by atoms with Gasteiger partial charge >= 0.3 is 0 Å². The van der Waals surface area contributed by atoms with E-state index in [9.17, 15) is 14.4 Å². The van der Waals surface area contributed by atoms with Crippen LogP contribution in [-0.2, 0) is 15.0 Å². The van der Waals surface area contributed by atoms with Crippen LogP contribution in [0, 0.1) is 11.3 Å². The van der Waals surface area contributed by atoms with Crippen LogP contribution in [0.1, 0.15) is 49.2 Å². The molecule has 3 aliphatic heterocycles. The highest BCUT2D eigenvalue weighted by atomic mass is 16.5. The van der Waals surface area contributed by atoms with Crippen molar-refractivity contribution in [2.45, 2.75) is 45.2 Å². The molecule has 39 heavy (non-hydrogen) atoms. The number of ketones is 2. The lowest BCUT2D eigenvalue weighted by molar-refractivity contribution is -0.128. The molecule has 1 fully saturated rings. The van der Waals surface area contributed by atoms with E-state index < -0.39 is 28.8 Å². The molecule has 3 heterocycles. The second-order valence-electron chi connectivity index (χ2n) is 11.7. The summed E-state index contributed by atoms with van der Waals surface area (Å²) in [5.41, 5.74) is 2.72. The number of nitrogens with zero attached hydrogens (tertiary/aromatic N) is 1. The standard InChI is InChI=1S/C33H32N2O4/c1-19-18-26-33(23-11-7-8-12-24(23)34-31(33)38)27(29(36)20-14-16-21(39-5)17-15-20)28(30(37)32(2,3)4)35(26)25-13-9-6-10-22(19)25/h6-18,26-28H,1-5H3,(H,34,38)/t26-,27+,28-,33+/m1/s1. The second-order valence-corrected chi connectivity index (χ2v) is 11.7. The number of carbonyl (C=O) groups is 3. The molecule has 0 radical (unpaired) electrons. The third kappa shape index (κ3) is 3.43. The van der Waals surface area contributed by atoms with Crippen LogP contribution in [0.2, 0.25) is 0 Å². The fraction of sp³-hybridized carbons (Fsp3) is 0.303. The van der Waals surface area contributed by atoms with E-state index in [2.05, 4.69) is 16.3 Å². The summed E-state index contributed by atoms with van der Waals surface area (Å²) in [6.07, 6.45) is 2.08. The van der Waals surface area contributed by atoms with E-state index >= 15 is 0 Å². The van der Waals surface area contributed by atoms with Crippen molar-refractivity contribution < 1.29 is 19.1 Å². The molecule has 0 saturated carbocycles. The van der Waals surface area contributed by atoms with Gasteiger partial charge in [0.2, 0.25) is 5.91 Å². The van der Waals surface area contributed by atoms with Gasteiger partial charge in [-0.3, -0.25) is 14.4 Å². The Hall–Kier alpha value is -4.19. The number of amides is 1. The molecule has 6 heteroatoms. The largest absolute Gasteiger partial charge is 0.497 e. The lowest BCUT2D eigenvalue weighted by Gasteiger charge is -2.39. The van der Waals surface area contributed by atoms with Crippen LogP contribution in [0.5, 0.6) is 5.75 Å². The molecule has 6 rings (SSSR count). The molecule has 1 saturated heterocycles. The Balaban J connectivity index is 1.68. The zero-order valence-electron chi connectivity index (χ0n) is 22.8. The fourth-order valence-corrected chi connectivity index (χ4v) is 6.77. The van der Waals surface area contributed by atoms with Gasteiger partial charge in [0.1, 0.15) is 17.2 Å². The normalized spacial score (nSPS) is 24.9. The molecule has 0 aromatic heterocycles. The van der Waals surface area contributed by atoms with E-state index in [0.717, 1.165) is 22.4 Å². The Kier molecular flexibility index (Phi) is 5.58. The molecule has 3 aliphatic rings. The molecule has 1 spiro atoms. The third-order valence-corrected chi connectivity index (χ3v) is 8.55. The molecule has 3 aromatic rings. The van der Waals surface area contributed by atoms with Gasteiger partial charge in [-0.25, -0.2) is 0 Å². The molecule has 1 amide bonds. The summed E-state index contributed by atoms with van der Waals surface area (Å²) in [4.78, 5) is 45.6. The number of methoxy groups -OCH3 is 1. The number of allylic oxidation sites excluding steroid dienone is 1. The predicted molar refractivity (Wildman–Crippen MR) is 152 cm³/mol. The van der Waals surface area contributed by atoms with Crippen molar-refractivity contribution in [1.29, 1.82) is 0 Å². The van der Waals surface area contributed by atoms with Gasteiger partial charge in [-0.1, -0.05) is 63.2 Å². The lowest BCUT2D eigenvalue weighted by atomic mass is 9.63.